The second-order valence-electron chi connectivity index (χ2n) is 6.23. The molecule has 0 fully saturated rings. The molecule has 142 valence electrons. The molecule has 0 saturated carbocycles. The molecule has 2 aromatic carbocycles. The summed E-state index contributed by atoms with van der Waals surface area (Å²) in [6, 6.07) is 17.6. The summed E-state index contributed by atoms with van der Waals surface area (Å²) in [4.78, 5) is 33.4. The maximum atomic E-state index is 13.3. The molecule has 0 aliphatic heterocycles. The molecule has 0 radical (unpaired) electrons. The van der Waals surface area contributed by atoms with Crippen LogP contribution in [0.15, 0.2) is 79.1 Å². The highest BCUT2D eigenvalue weighted by atomic mass is 19.1. The zero-order valence-electron chi connectivity index (χ0n) is 15.1. The number of nitrogens with zero attached hydrogens (tertiary/aromatic N) is 2. The van der Waals surface area contributed by atoms with Gasteiger partial charge in [0.15, 0.2) is 0 Å². The zero-order chi connectivity index (χ0) is 20.2. The smallest absolute Gasteiger partial charge is 0.274 e. The van der Waals surface area contributed by atoms with Crippen LogP contribution in [0.3, 0.4) is 0 Å². The SMILES string of the molecule is O=C(Nc1cccc2cccnc12)c1ccnc(C(=O)Nc2cccc(F)c2)c1. The lowest BCUT2D eigenvalue weighted by Gasteiger charge is -2.09. The maximum Gasteiger partial charge on any atom is 0.274 e. The van der Waals surface area contributed by atoms with Crippen LogP contribution >= 0.6 is 0 Å². The highest BCUT2D eigenvalue weighted by molar-refractivity contribution is 6.10. The van der Waals surface area contributed by atoms with Crippen molar-refractivity contribution in [1.29, 1.82) is 0 Å². The summed E-state index contributed by atoms with van der Waals surface area (Å²) in [6.07, 6.45) is 3.02. The van der Waals surface area contributed by atoms with E-state index in [1.165, 1.54) is 36.5 Å². The summed E-state index contributed by atoms with van der Waals surface area (Å²) >= 11 is 0. The van der Waals surface area contributed by atoms with Crippen molar-refractivity contribution in [2.45, 2.75) is 0 Å². The number of carbonyl (C=O) groups excluding carboxylic acids is 2. The number of hydrogen-bond donors (Lipinski definition) is 2. The van der Waals surface area contributed by atoms with Crippen LogP contribution in [0.2, 0.25) is 0 Å². The van der Waals surface area contributed by atoms with E-state index in [-0.39, 0.29) is 11.3 Å². The number of amides is 2. The number of pyridine rings is 2. The van der Waals surface area contributed by atoms with Crippen LogP contribution in [0.25, 0.3) is 10.9 Å². The number of nitrogens with one attached hydrogen (secondary N) is 2. The van der Waals surface area contributed by atoms with E-state index >= 15 is 0 Å². The molecule has 29 heavy (non-hydrogen) atoms. The van der Waals surface area contributed by atoms with Crippen LogP contribution in [0.4, 0.5) is 15.8 Å². The van der Waals surface area contributed by atoms with Crippen LogP contribution in [0.1, 0.15) is 20.8 Å². The number of aromatic nitrogens is 2. The average Bonchev–Trinajstić information content (AvgIpc) is 2.74. The van der Waals surface area contributed by atoms with E-state index in [0.717, 1.165) is 5.39 Å². The van der Waals surface area contributed by atoms with Crippen molar-refractivity contribution in [3.05, 3.63) is 96.2 Å². The number of anilines is 2. The normalized spacial score (nSPS) is 10.5. The van der Waals surface area contributed by atoms with Crippen molar-refractivity contribution < 1.29 is 14.0 Å². The Labute approximate surface area is 165 Å². The van der Waals surface area contributed by atoms with Crippen molar-refractivity contribution in [1.82, 2.24) is 9.97 Å². The second kappa shape index (κ2) is 7.85. The Balaban J connectivity index is 1.55. The number of halogens is 1. The van der Waals surface area contributed by atoms with Gasteiger partial charge < -0.3 is 10.6 Å². The summed E-state index contributed by atoms with van der Waals surface area (Å²) in [5, 5.41) is 6.27. The van der Waals surface area contributed by atoms with E-state index in [1.54, 1.807) is 18.3 Å². The molecule has 2 aromatic heterocycles. The topological polar surface area (TPSA) is 84.0 Å². The molecule has 2 amide bonds. The van der Waals surface area contributed by atoms with Crippen molar-refractivity contribution >= 4 is 34.1 Å². The third-order valence-electron chi connectivity index (χ3n) is 4.22. The monoisotopic (exact) mass is 386 g/mol. The van der Waals surface area contributed by atoms with Gasteiger partial charge in [-0.15, -0.1) is 0 Å². The van der Waals surface area contributed by atoms with Crippen LogP contribution in [-0.4, -0.2) is 21.8 Å². The van der Waals surface area contributed by atoms with Crippen molar-refractivity contribution in [3.63, 3.8) is 0 Å². The number of benzene rings is 2. The summed E-state index contributed by atoms with van der Waals surface area (Å²) in [5.74, 6) is -1.41. The minimum Gasteiger partial charge on any atom is -0.321 e. The fourth-order valence-electron chi connectivity index (χ4n) is 2.86. The third-order valence-corrected chi connectivity index (χ3v) is 4.22. The van der Waals surface area contributed by atoms with Gasteiger partial charge in [-0.2, -0.15) is 0 Å². The van der Waals surface area contributed by atoms with Gasteiger partial charge in [0.25, 0.3) is 11.8 Å². The number of rotatable bonds is 4. The van der Waals surface area contributed by atoms with E-state index in [1.807, 2.05) is 24.3 Å². The Morgan fingerprint density at radius 2 is 1.62 bits per heavy atom. The van der Waals surface area contributed by atoms with E-state index in [2.05, 4.69) is 20.6 Å². The van der Waals surface area contributed by atoms with E-state index < -0.39 is 17.6 Å². The van der Waals surface area contributed by atoms with Gasteiger partial charge in [-0.3, -0.25) is 19.6 Å². The van der Waals surface area contributed by atoms with Crippen molar-refractivity contribution in [2.75, 3.05) is 10.6 Å². The van der Waals surface area contributed by atoms with E-state index in [0.29, 0.717) is 16.9 Å². The molecule has 0 atom stereocenters. The number of hydrogen-bond acceptors (Lipinski definition) is 4. The van der Waals surface area contributed by atoms with Gasteiger partial charge in [0.05, 0.1) is 11.2 Å². The first kappa shape index (κ1) is 18.2. The van der Waals surface area contributed by atoms with Crippen LogP contribution in [0.5, 0.6) is 0 Å². The molecular formula is C22H15FN4O2. The predicted molar refractivity (Wildman–Crippen MR) is 108 cm³/mol. The van der Waals surface area contributed by atoms with Crippen molar-refractivity contribution in [3.8, 4) is 0 Å². The molecule has 4 aromatic rings. The Kier molecular flexibility index (Phi) is 4.94. The molecule has 4 rings (SSSR count). The van der Waals surface area contributed by atoms with Gasteiger partial charge >= 0.3 is 0 Å². The zero-order valence-corrected chi connectivity index (χ0v) is 15.1. The van der Waals surface area contributed by atoms with Crippen LogP contribution in [0, 0.1) is 5.82 Å². The largest absolute Gasteiger partial charge is 0.321 e. The quantitative estimate of drug-likeness (QED) is 0.549. The molecule has 2 heterocycles. The molecule has 6 nitrogen and oxygen atoms in total. The van der Waals surface area contributed by atoms with Crippen LogP contribution in [-0.2, 0) is 0 Å². The van der Waals surface area contributed by atoms with E-state index in [9.17, 15) is 14.0 Å². The molecule has 0 aliphatic carbocycles. The van der Waals surface area contributed by atoms with Gasteiger partial charge in [0.1, 0.15) is 11.5 Å². The van der Waals surface area contributed by atoms with Gasteiger partial charge in [-0.25, -0.2) is 4.39 Å². The standard InChI is InChI=1S/C22H15FN4O2/c23-16-6-2-7-17(13-16)26-22(29)19-12-15(9-11-24-19)21(28)27-18-8-1-4-14-5-3-10-25-20(14)18/h1-13H,(H,26,29)(H,27,28). The average molecular weight is 386 g/mol. The fraction of sp³-hybridized carbons (Fsp3) is 0. The molecule has 0 aliphatic rings. The molecule has 0 spiro atoms. The highest BCUT2D eigenvalue weighted by Gasteiger charge is 2.14. The Morgan fingerprint density at radius 3 is 2.48 bits per heavy atom. The number of fused-ring (bicyclic) bond motifs is 1. The first-order valence-electron chi connectivity index (χ1n) is 8.78. The van der Waals surface area contributed by atoms with E-state index in [4.69, 9.17) is 0 Å². The summed E-state index contributed by atoms with van der Waals surface area (Å²) in [6.45, 7) is 0. The maximum absolute atomic E-state index is 13.3. The Morgan fingerprint density at radius 1 is 0.793 bits per heavy atom. The Bertz CT molecular complexity index is 1220. The molecule has 2 N–H and O–H groups in total. The predicted octanol–water partition coefficient (Wildman–Crippen LogP) is 4.27. The van der Waals surface area contributed by atoms with Crippen LogP contribution < -0.4 is 10.6 Å². The first-order chi connectivity index (χ1) is 14.1. The van der Waals surface area contributed by atoms with Gasteiger partial charge in [-0.1, -0.05) is 24.3 Å². The minimum absolute atomic E-state index is 0.0398. The summed E-state index contributed by atoms with van der Waals surface area (Å²) in [7, 11) is 0. The molecule has 0 saturated heterocycles. The Hall–Kier alpha value is -4.13. The van der Waals surface area contributed by atoms with Gasteiger partial charge in [0, 0.05) is 29.0 Å². The van der Waals surface area contributed by atoms with Gasteiger partial charge in [0.2, 0.25) is 0 Å². The van der Waals surface area contributed by atoms with Gasteiger partial charge in [-0.05, 0) is 42.5 Å². The minimum atomic E-state index is -0.544. The lowest BCUT2D eigenvalue weighted by atomic mass is 10.1. The lowest BCUT2D eigenvalue weighted by molar-refractivity contribution is 0.102. The first-order valence-corrected chi connectivity index (χ1v) is 8.78. The summed E-state index contributed by atoms with van der Waals surface area (Å²) in [5.41, 5.74) is 1.83. The number of para-hydroxylation sites is 1. The molecule has 0 bridgehead atoms. The third kappa shape index (κ3) is 4.08. The second-order valence-corrected chi connectivity index (χ2v) is 6.23. The molecule has 0 unspecified atom stereocenters. The fourth-order valence-corrected chi connectivity index (χ4v) is 2.86. The highest BCUT2D eigenvalue weighted by Crippen LogP contribution is 2.21. The molecule has 7 heteroatoms. The molecular weight excluding hydrogens is 371 g/mol. The summed E-state index contributed by atoms with van der Waals surface area (Å²) < 4.78 is 13.3. The van der Waals surface area contributed by atoms with Crippen molar-refractivity contribution in [2.24, 2.45) is 0 Å². The lowest BCUT2D eigenvalue weighted by Crippen LogP contribution is -2.17. The number of carbonyl (C=O) groups is 2.